The Morgan fingerprint density at radius 1 is 0.354 bits per heavy atom. The summed E-state index contributed by atoms with van der Waals surface area (Å²) in [4.78, 5) is 0. The van der Waals surface area contributed by atoms with Crippen LogP contribution in [0.1, 0.15) is 120 Å². The maximum absolute atomic E-state index is 12.3. The van der Waals surface area contributed by atoms with Crippen LogP contribution < -0.4 is 0 Å². The molecular weight excluding hydrogens is 584 g/mol. The Balaban J connectivity index is -0.000000157. The van der Waals surface area contributed by atoms with Crippen LogP contribution in [-0.2, 0) is 0 Å². The van der Waals surface area contributed by atoms with Crippen LogP contribution in [0.2, 0.25) is 0 Å². The van der Waals surface area contributed by atoms with Gasteiger partial charge in [0.1, 0.15) is 5.82 Å². The lowest BCUT2D eigenvalue weighted by Gasteiger charge is -2.01. The molecular formula is C47H73F. The van der Waals surface area contributed by atoms with Crippen LogP contribution >= 0.6 is 0 Å². The molecule has 0 nitrogen and oxygen atoms in total. The number of benzene rings is 5. The van der Waals surface area contributed by atoms with E-state index in [0.29, 0.717) is 11.5 Å². The number of aryl methyl sites for hydroxylation is 2. The molecule has 0 aliphatic heterocycles. The summed E-state index contributed by atoms with van der Waals surface area (Å²) in [6.45, 7) is 32.2. The third-order valence-electron chi connectivity index (χ3n) is 5.36. The standard InChI is InChI=1S/C12H10.C9H12.C7H7F.C7H8.6C2H6/c1-3-7-11(8-4-1)12-9-5-2-6-10-12;1-8(2)9-6-4-3-5-7-9;1-6-4-2-3-5-7(6)8;1-7-5-3-2-4-6-7;6*1-2/h1-10H;3-8H,1-2H3;2-5H,1H3;2-6H,1H3;6*1-2H3. The summed E-state index contributed by atoms with van der Waals surface area (Å²) in [5.74, 6) is 0.527. The van der Waals surface area contributed by atoms with E-state index in [1.807, 2.05) is 126 Å². The van der Waals surface area contributed by atoms with Crippen molar-refractivity contribution in [3.8, 4) is 11.1 Å². The van der Waals surface area contributed by atoms with Crippen molar-refractivity contribution in [2.45, 2.75) is 117 Å². The highest BCUT2D eigenvalue weighted by Crippen LogP contribution is 2.17. The third-order valence-corrected chi connectivity index (χ3v) is 5.36. The van der Waals surface area contributed by atoms with E-state index in [1.165, 1.54) is 28.3 Å². The molecule has 5 rings (SSSR count). The summed E-state index contributed by atoms with van der Waals surface area (Å²) in [5.41, 5.74) is 5.99. The zero-order valence-electron chi connectivity index (χ0n) is 33.8. The maximum atomic E-state index is 12.3. The molecule has 0 radical (unpaired) electrons. The first-order chi connectivity index (χ1) is 23.5. The number of hydrogen-bond donors (Lipinski definition) is 0. The predicted molar refractivity (Wildman–Crippen MR) is 223 cm³/mol. The first-order valence-corrected chi connectivity index (χ1v) is 18.4. The fraction of sp³-hybridized carbons (Fsp3) is 0.362. The van der Waals surface area contributed by atoms with E-state index in [-0.39, 0.29) is 5.82 Å². The molecule has 0 heterocycles. The van der Waals surface area contributed by atoms with Gasteiger partial charge in [-0.15, -0.1) is 0 Å². The fourth-order valence-corrected chi connectivity index (χ4v) is 3.18. The van der Waals surface area contributed by atoms with Crippen molar-refractivity contribution < 1.29 is 4.39 Å². The van der Waals surface area contributed by atoms with Gasteiger partial charge in [0.2, 0.25) is 0 Å². The Hall–Kier alpha value is -3.97. The molecule has 268 valence electrons. The molecule has 0 bridgehead atoms. The number of halogens is 1. The van der Waals surface area contributed by atoms with Crippen LogP contribution in [0.25, 0.3) is 11.1 Å². The van der Waals surface area contributed by atoms with Gasteiger partial charge in [0.05, 0.1) is 0 Å². The lowest BCUT2D eigenvalue weighted by molar-refractivity contribution is 0.618. The zero-order chi connectivity index (χ0) is 38.0. The molecule has 0 spiro atoms. The van der Waals surface area contributed by atoms with Crippen LogP contribution in [0.5, 0.6) is 0 Å². The third kappa shape index (κ3) is 32.0. The summed E-state index contributed by atoms with van der Waals surface area (Å²) in [5, 5.41) is 0. The first kappa shape index (κ1) is 53.5. The Morgan fingerprint density at radius 2 is 0.625 bits per heavy atom. The van der Waals surface area contributed by atoms with Crippen LogP contribution in [0, 0.1) is 19.7 Å². The van der Waals surface area contributed by atoms with Gasteiger partial charge in [0.15, 0.2) is 0 Å². The number of hydrogen-bond acceptors (Lipinski definition) is 0. The van der Waals surface area contributed by atoms with Crippen molar-refractivity contribution in [3.05, 3.63) is 168 Å². The molecule has 1 heteroatoms. The summed E-state index contributed by atoms with van der Waals surface area (Å²) < 4.78 is 12.3. The predicted octanol–water partition coefficient (Wildman–Crippen LogP) is 16.4. The van der Waals surface area contributed by atoms with Crippen LogP contribution in [0.15, 0.2) is 146 Å². The molecule has 0 atom stereocenters. The van der Waals surface area contributed by atoms with E-state index in [9.17, 15) is 4.39 Å². The highest BCUT2D eigenvalue weighted by atomic mass is 19.1. The zero-order valence-corrected chi connectivity index (χ0v) is 33.8. The van der Waals surface area contributed by atoms with Crippen molar-refractivity contribution >= 4 is 0 Å². The monoisotopic (exact) mass is 657 g/mol. The van der Waals surface area contributed by atoms with Crippen molar-refractivity contribution in [3.63, 3.8) is 0 Å². The van der Waals surface area contributed by atoms with Gasteiger partial charge in [-0.05, 0) is 48.1 Å². The summed E-state index contributed by atoms with van der Waals surface area (Å²) in [6.07, 6.45) is 0. The van der Waals surface area contributed by atoms with E-state index >= 15 is 0 Å². The molecule has 0 aromatic heterocycles. The van der Waals surface area contributed by atoms with Crippen molar-refractivity contribution in [2.75, 3.05) is 0 Å². The van der Waals surface area contributed by atoms with Gasteiger partial charge in [0.25, 0.3) is 0 Å². The first-order valence-electron chi connectivity index (χ1n) is 18.4. The summed E-state index contributed by atoms with van der Waals surface area (Å²) >= 11 is 0. The molecule has 0 N–H and O–H groups in total. The summed E-state index contributed by atoms with van der Waals surface area (Å²) in [7, 11) is 0. The van der Waals surface area contributed by atoms with Gasteiger partial charge in [-0.3, -0.25) is 0 Å². The minimum atomic E-state index is -0.132. The van der Waals surface area contributed by atoms with E-state index < -0.39 is 0 Å². The van der Waals surface area contributed by atoms with Gasteiger partial charge < -0.3 is 0 Å². The molecule has 0 saturated heterocycles. The Labute approximate surface area is 299 Å². The van der Waals surface area contributed by atoms with E-state index in [0.717, 1.165) is 0 Å². The molecule has 0 aliphatic rings. The van der Waals surface area contributed by atoms with E-state index in [4.69, 9.17) is 0 Å². The molecule has 0 saturated carbocycles. The van der Waals surface area contributed by atoms with Crippen LogP contribution in [-0.4, -0.2) is 0 Å². The molecule has 0 aliphatic carbocycles. The second-order valence-electron chi connectivity index (χ2n) is 8.70. The SMILES string of the molecule is CC.CC.CC.CC.CC.CC.CC(C)c1ccccc1.Cc1ccccc1.Cc1ccccc1F.c1ccc(-c2ccccc2)cc1. The number of rotatable bonds is 2. The normalized spacial score (nSPS) is 7.88. The minimum absolute atomic E-state index is 0.132. The Bertz CT molecular complexity index is 1140. The molecule has 48 heavy (non-hydrogen) atoms. The average Bonchev–Trinajstić information content (AvgIpc) is 3.20. The largest absolute Gasteiger partial charge is 0.207 e. The average molecular weight is 657 g/mol. The Morgan fingerprint density at radius 3 is 0.833 bits per heavy atom. The van der Waals surface area contributed by atoms with Gasteiger partial charge in [-0.2, -0.15) is 0 Å². The van der Waals surface area contributed by atoms with Crippen molar-refractivity contribution in [1.29, 1.82) is 0 Å². The summed E-state index contributed by atoms with van der Waals surface area (Å²) in [6, 6.07) is 48.3. The molecule has 5 aromatic carbocycles. The smallest absolute Gasteiger partial charge is 0.126 e. The van der Waals surface area contributed by atoms with Gasteiger partial charge >= 0.3 is 0 Å². The quantitative estimate of drug-likeness (QED) is 0.177. The van der Waals surface area contributed by atoms with E-state index in [2.05, 4.69) is 106 Å². The van der Waals surface area contributed by atoms with Crippen LogP contribution in [0.3, 0.4) is 0 Å². The van der Waals surface area contributed by atoms with Crippen LogP contribution in [0.4, 0.5) is 4.39 Å². The van der Waals surface area contributed by atoms with E-state index in [1.54, 1.807) is 19.1 Å². The van der Waals surface area contributed by atoms with Gasteiger partial charge in [-0.25, -0.2) is 4.39 Å². The highest BCUT2D eigenvalue weighted by molar-refractivity contribution is 5.62. The van der Waals surface area contributed by atoms with Crippen molar-refractivity contribution in [2.24, 2.45) is 0 Å². The van der Waals surface area contributed by atoms with Gasteiger partial charge in [-0.1, -0.05) is 242 Å². The molecule has 0 amide bonds. The maximum Gasteiger partial charge on any atom is 0.126 e. The molecule has 0 fully saturated rings. The van der Waals surface area contributed by atoms with Crippen molar-refractivity contribution in [1.82, 2.24) is 0 Å². The topological polar surface area (TPSA) is 0 Å². The van der Waals surface area contributed by atoms with Gasteiger partial charge in [0, 0.05) is 0 Å². The second-order valence-corrected chi connectivity index (χ2v) is 8.70. The lowest BCUT2D eigenvalue weighted by atomic mass is 10.0. The fourth-order valence-electron chi connectivity index (χ4n) is 3.18. The second kappa shape index (κ2) is 45.2. The minimum Gasteiger partial charge on any atom is -0.207 e. The molecule has 0 unspecified atom stereocenters. The molecule has 5 aromatic rings. The lowest BCUT2D eigenvalue weighted by Crippen LogP contribution is -1.83. The highest BCUT2D eigenvalue weighted by Gasteiger charge is 1.94. The Kier molecular flexibility index (Phi) is 50.3.